The summed E-state index contributed by atoms with van der Waals surface area (Å²) in [5.41, 5.74) is 0. The maximum Gasteiger partial charge on any atom is 0.0109 e. The Bertz CT molecular complexity index is 200. The number of likely N-dealkylation sites (N-methyl/N-ethyl adjacent to an activating group) is 1. The Hall–Kier alpha value is -0.120. The second-order valence-corrected chi connectivity index (χ2v) is 6.42. The molecule has 0 N–H and O–H groups in total. The van der Waals surface area contributed by atoms with Gasteiger partial charge in [-0.1, -0.05) is 19.3 Å². The molecule has 0 amide bonds. The number of rotatable bonds is 10. The molecular weight excluding hydrogens is 234 g/mol. The zero-order valence-electron chi connectivity index (χ0n) is 13.5. The summed E-state index contributed by atoms with van der Waals surface area (Å²) in [6.45, 7) is 7.70. The van der Waals surface area contributed by atoms with Crippen LogP contribution in [0.15, 0.2) is 0 Å². The molecule has 0 atom stereocenters. The molecule has 1 fully saturated rings. The van der Waals surface area contributed by atoms with Crippen molar-refractivity contribution in [1.29, 1.82) is 0 Å². The molecule has 19 heavy (non-hydrogen) atoms. The van der Waals surface area contributed by atoms with Crippen LogP contribution < -0.4 is 0 Å². The molecule has 0 saturated carbocycles. The lowest BCUT2D eigenvalue weighted by atomic mass is 10.1. The number of likely N-dealkylation sites (tertiary alicyclic amines) is 1. The molecule has 0 aliphatic carbocycles. The molecule has 0 aromatic rings. The molecule has 0 radical (unpaired) electrons. The van der Waals surface area contributed by atoms with Gasteiger partial charge in [-0.15, -0.1) is 0 Å². The van der Waals surface area contributed by atoms with Crippen molar-refractivity contribution in [2.75, 3.05) is 60.4 Å². The van der Waals surface area contributed by atoms with Gasteiger partial charge in [0.15, 0.2) is 0 Å². The van der Waals surface area contributed by atoms with E-state index in [-0.39, 0.29) is 0 Å². The van der Waals surface area contributed by atoms with E-state index in [1.54, 1.807) is 0 Å². The Morgan fingerprint density at radius 2 is 1.37 bits per heavy atom. The van der Waals surface area contributed by atoms with E-state index in [0.717, 1.165) is 0 Å². The molecule has 0 aromatic heterocycles. The van der Waals surface area contributed by atoms with Crippen molar-refractivity contribution in [3.05, 3.63) is 0 Å². The second-order valence-electron chi connectivity index (χ2n) is 6.42. The molecule has 0 aromatic carbocycles. The number of nitrogens with zero attached hydrogens (tertiary/aromatic N) is 3. The quantitative estimate of drug-likeness (QED) is 0.564. The number of hydrogen-bond donors (Lipinski definition) is 0. The molecule has 0 spiro atoms. The number of unbranched alkanes of at least 4 members (excludes halogenated alkanes) is 3. The fraction of sp³-hybridized carbons (Fsp3) is 1.00. The van der Waals surface area contributed by atoms with E-state index in [1.165, 1.54) is 84.2 Å². The van der Waals surface area contributed by atoms with E-state index in [0.29, 0.717) is 0 Å². The summed E-state index contributed by atoms with van der Waals surface area (Å²) >= 11 is 0. The third kappa shape index (κ3) is 9.42. The molecule has 1 saturated heterocycles. The summed E-state index contributed by atoms with van der Waals surface area (Å²) in [6.07, 6.45) is 9.76. The van der Waals surface area contributed by atoms with Gasteiger partial charge in [0.1, 0.15) is 0 Å². The predicted octanol–water partition coefficient (Wildman–Crippen LogP) is 2.53. The Labute approximate surface area is 120 Å². The van der Waals surface area contributed by atoms with Crippen LogP contribution in [0.2, 0.25) is 0 Å². The zero-order chi connectivity index (χ0) is 13.9. The summed E-state index contributed by atoms with van der Waals surface area (Å²) in [6, 6.07) is 0. The van der Waals surface area contributed by atoms with Crippen LogP contribution >= 0.6 is 0 Å². The van der Waals surface area contributed by atoms with Crippen LogP contribution in [-0.2, 0) is 0 Å². The predicted molar refractivity (Wildman–Crippen MR) is 84.8 cm³/mol. The highest BCUT2D eigenvalue weighted by atomic mass is 15.2. The van der Waals surface area contributed by atoms with Gasteiger partial charge in [-0.2, -0.15) is 0 Å². The van der Waals surface area contributed by atoms with Crippen LogP contribution in [0.4, 0.5) is 0 Å². The second kappa shape index (κ2) is 10.6. The van der Waals surface area contributed by atoms with Crippen LogP contribution in [-0.4, -0.2) is 75.1 Å². The van der Waals surface area contributed by atoms with Crippen molar-refractivity contribution in [3.8, 4) is 0 Å². The zero-order valence-corrected chi connectivity index (χ0v) is 13.5. The van der Waals surface area contributed by atoms with Crippen molar-refractivity contribution in [2.24, 2.45) is 0 Å². The van der Waals surface area contributed by atoms with Gasteiger partial charge in [-0.25, -0.2) is 0 Å². The standard InChI is InChI=1S/C16H35N3/c1-17(2)11-7-4-5-8-12-18(3)15-16-19-13-9-6-10-14-19/h4-16H2,1-3H3. The minimum Gasteiger partial charge on any atom is -0.309 e. The van der Waals surface area contributed by atoms with Gasteiger partial charge in [0.2, 0.25) is 0 Å². The lowest BCUT2D eigenvalue weighted by molar-refractivity contribution is 0.195. The van der Waals surface area contributed by atoms with Crippen molar-refractivity contribution in [1.82, 2.24) is 14.7 Å². The molecule has 1 aliphatic heterocycles. The van der Waals surface area contributed by atoms with Crippen molar-refractivity contribution in [2.45, 2.75) is 44.9 Å². The van der Waals surface area contributed by atoms with Crippen molar-refractivity contribution >= 4 is 0 Å². The molecule has 1 heterocycles. The molecule has 3 heteroatoms. The lowest BCUT2D eigenvalue weighted by Gasteiger charge is -2.28. The first kappa shape index (κ1) is 16.9. The Morgan fingerprint density at radius 3 is 2.00 bits per heavy atom. The Balaban J connectivity index is 1.88. The highest BCUT2D eigenvalue weighted by Crippen LogP contribution is 2.08. The normalized spacial score (nSPS) is 17.5. The molecular formula is C16H35N3. The average molecular weight is 269 g/mol. The van der Waals surface area contributed by atoms with Crippen LogP contribution in [0, 0.1) is 0 Å². The molecule has 114 valence electrons. The monoisotopic (exact) mass is 269 g/mol. The van der Waals surface area contributed by atoms with Gasteiger partial charge in [0, 0.05) is 13.1 Å². The van der Waals surface area contributed by atoms with Crippen LogP contribution in [0.5, 0.6) is 0 Å². The molecule has 0 bridgehead atoms. The van der Waals surface area contributed by atoms with E-state index in [1.807, 2.05) is 0 Å². The highest BCUT2D eigenvalue weighted by Gasteiger charge is 2.10. The molecule has 3 nitrogen and oxygen atoms in total. The van der Waals surface area contributed by atoms with E-state index >= 15 is 0 Å². The maximum absolute atomic E-state index is 2.64. The first-order valence-electron chi connectivity index (χ1n) is 8.24. The van der Waals surface area contributed by atoms with Gasteiger partial charge >= 0.3 is 0 Å². The van der Waals surface area contributed by atoms with Gasteiger partial charge in [-0.05, 0) is 73.0 Å². The summed E-state index contributed by atoms with van der Waals surface area (Å²) in [4.78, 5) is 7.43. The minimum atomic E-state index is 1.24. The topological polar surface area (TPSA) is 9.72 Å². The van der Waals surface area contributed by atoms with Crippen molar-refractivity contribution in [3.63, 3.8) is 0 Å². The Morgan fingerprint density at radius 1 is 0.737 bits per heavy atom. The van der Waals surface area contributed by atoms with Crippen LogP contribution in [0.1, 0.15) is 44.9 Å². The lowest BCUT2D eigenvalue weighted by Crippen LogP contribution is -2.36. The van der Waals surface area contributed by atoms with Gasteiger partial charge in [0.05, 0.1) is 0 Å². The fourth-order valence-electron chi connectivity index (χ4n) is 2.77. The summed E-state index contributed by atoms with van der Waals surface area (Å²) in [7, 11) is 6.60. The average Bonchev–Trinajstić information content (AvgIpc) is 2.41. The van der Waals surface area contributed by atoms with Gasteiger partial charge < -0.3 is 14.7 Å². The molecule has 0 unspecified atom stereocenters. The van der Waals surface area contributed by atoms with Crippen molar-refractivity contribution < 1.29 is 0 Å². The largest absolute Gasteiger partial charge is 0.309 e. The van der Waals surface area contributed by atoms with E-state index < -0.39 is 0 Å². The third-order valence-electron chi connectivity index (χ3n) is 4.14. The van der Waals surface area contributed by atoms with E-state index in [2.05, 4.69) is 35.8 Å². The minimum absolute atomic E-state index is 1.24. The number of piperidine rings is 1. The Kier molecular flexibility index (Phi) is 9.48. The summed E-state index contributed by atoms with van der Waals surface area (Å²) in [5.74, 6) is 0. The van der Waals surface area contributed by atoms with E-state index in [4.69, 9.17) is 0 Å². The van der Waals surface area contributed by atoms with E-state index in [9.17, 15) is 0 Å². The SMILES string of the molecule is CN(C)CCCCCCN(C)CCN1CCCCC1. The smallest absolute Gasteiger partial charge is 0.0109 e. The summed E-state index contributed by atoms with van der Waals surface area (Å²) in [5, 5.41) is 0. The first-order valence-corrected chi connectivity index (χ1v) is 8.24. The van der Waals surface area contributed by atoms with Crippen LogP contribution in [0.25, 0.3) is 0 Å². The van der Waals surface area contributed by atoms with Gasteiger partial charge in [0.25, 0.3) is 0 Å². The fourth-order valence-corrected chi connectivity index (χ4v) is 2.77. The maximum atomic E-state index is 2.64. The number of hydrogen-bond acceptors (Lipinski definition) is 3. The van der Waals surface area contributed by atoms with Gasteiger partial charge in [-0.3, -0.25) is 0 Å². The van der Waals surface area contributed by atoms with Crippen LogP contribution in [0.3, 0.4) is 0 Å². The molecule has 1 aliphatic rings. The third-order valence-corrected chi connectivity index (χ3v) is 4.14. The summed E-state index contributed by atoms with van der Waals surface area (Å²) < 4.78 is 0. The molecule has 1 rings (SSSR count). The highest BCUT2D eigenvalue weighted by molar-refractivity contribution is 4.66. The first-order chi connectivity index (χ1) is 9.18.